The summed E-state index contributed by atoms with van der Waals surface area (Å²) in [6.45, 7) is -1.24. The number of cyclic esters (lactones) is 1. The monoisotopic (exact) mass is 547 g/mol. The molecular weight excluding hydrogens is 526 g/mol. The smallest absolute Gasteiger partial charge is 0.414 e. The minimum Gasteiger partial charge on any atom is -0.442 e. The Morgan fingerprint density at radius 1 is 1.16 bits per heavy atom. The summed E-state index contributed by atoms with van der Waals surface area (Å²) in [5.74, 6) is -3.60. The van der Waals surface area contributed by atoms with Gasteiger partial charge >= 0.3 is 12.5 Å². The Morgan fingerprint density at radius 2 is 1.89 bits per heavy atom. The topological polar surface area (TPSA) is 121 Å². The average Bonchev–Trinajstić information content (AvgIpc) is 3.06. The van der Waals surface area contributed by atoms with Gasteiger partial charge in [0, 0.05) is 31.4 Å². The maximum atomic E-state index is 15.1. The standard InChI is InChI=1S/C21H21F4N5O6S/c22-15-9-13(29-12-14(36-21(29)32)11-27-20(31)19(24)25)10-16(23)18(15)28-5-6-30(35-8-7-28)37(33,34)17-3-1-2-4-26-17/h1-4,9-10,14,19H,5-8,11-12H2,(H,27,31)/t14-/m0/s1. The molecule has 2 fully saturated rings. The molecule has 16 heteroatoms. The van der Waals surface area contributed by atoms with Gasteiger partial charge in [0.25, 0.3) is 15.9 Å². The van der Waals surface area contributed by atoms with Gasteiger partial charge in [0.05, 0.1) is 31.9 Å². The minimum absolute atomic E-state index is 0.0426. The third-order valence-electron chi connectivity index (χ3n) is 5.52. The Labute approximate surface area is 208 Å². The van der Waals surface area contributed by atoms with Crippen LogP contribution in [0.4, 0.5) is 33.7 Å². The number of hydrogen-bond donors (Lipinski definition) is 1. The summed E-state index contributed by atoms with van der Waals surface area (Å²) in [5, 5.41) is 1.67. The summed E-state index contributed by atoms with van der Waals surface area (Å²) in [4.78, 5) is 34.5. The second-order valence-corrected chi connectivity index (χ2v) is 9.72. The molecule has 2 aliphatic heterocycles. The van der Waals surface area contributed by atoms with Gasteiger partial charge in [-0.25, -0.2) is 27.0 Å². The van der Waals surface area contributed by atoms with Gasteiger partial charge in [0.2, 0.25) is 0 Å². The number of anilines is 2. The van der Waals surface area contributed by atoms with Gasteiger partial charge in [-0.05, 0) is 12.1 Å². The average molecular weight is 547 g/mol. The molecule has 2 saturated heterocycles. The predicted octanol–water partition coefficient (Wildman–Crippen LogP) is 1.51. The van der Waals surface area contributed by atoms with Crippen molar-refractivity contribution in [1.29, 1.82) is 0 Å². The minimum atomic E-state index is -4.10. The molecule has 200 valence electrons. The highest BCUT2D eigenvalue weighted by Gasteiger charge is 2.35. The van der Waals surface area contributed by atoms with Crippen molar-refractivity contribution in [1.82, 2.24) is 14.8 Å². The molecule has 2 amide bonds. The van der Waals surface area contributed by atoms with Crippen molar-refractivity contribution in [3.05, 3.63) is 48.2 Å². The van der Waals surface area contributed by atoms with E-state index in [2.05, 4.69) is 4.98 Å². The number of aromatic nitrogens is 1. The molecule has 1 aromatic heterocycles. The van der Waals surface area contributed by atoms with Gasteiger partial charge < -0.3 is 15.0 Å². The van der Waals surface area contributed by atoms with E-state index < -0.39 is 58.4 Å². The SMILES string of the molecule is O=C(NC[C@H]1CN(c2cc(F)c(N3CCON(S(=O)(=O)c4ccccn4)CC3)c(F)c2)C(=O)O1)C(F)F. The number of amides is 2. The number of carbonyl (C=O) groups is 2. The molecule has 4 rings (SSSR count). The third kappa shape index (κ3) is 5.75. The lowest BCUT2D eigenvalue weighted by Gasteiger charge is -2.24. The normalized spacial score (nSPS) is 19.2. The van der Waals surface area contributed by atoms with Crippen LogP contribution in [0.25, 0.3) is 0 Å². The molecule has 3 heterocycles. The van der Waals surface area contributed by atoms with Crippen molar-refractivity contribution in [2.24, 2.45) is 0 Å². The lowest BCUT2D eigenvalue weighted by Crippen LogP contribution is -2.37. The fraction of sp³-hybridized carbons (Fsp3) is 0.381. The van der Waals surface area contributed by atoms with Crippen LogP contribution in [0.15, 0.2) is 41.6 Å². The van der Waals surface area contributed by atoms with E-state index in [1.807, 2.05) is 5.32 Å². The molecule has 0 bridgehead atoms. The number of nitrogens with one attached hydrogen (secondary N) is 1. The van der Waals surface area contributed by atoms with Crippen molar-refractivity contribution >= 4 is 33.4 Å². The lowest BCUT2D eigenvalue weighted by molar-refractivity contribution is -0.132. The number of pyridine rings is 1. The van der Waals surface area contributed by atoms with Crippen LogP contribution in [0.5, 0.6) is 0 Å². The molecule has 11 nitrogen and oxygen atoms in total. The number of sulfonamides is 1. The Morgan fingerprint density at radius 3 is 2.54 bits per heavy atom. The second kappa shape index (κ2) is 10.9. The number of carbonyl (C=O) groups excluding carboxylic acids is 2. The molecular formula is C21H21F4N5O6S. The van der Waals surface area contributed by atoms with E-state index in [-0.39, 0.29) is 43.5 Å². The molecule has 0 saturated carbocycles. The molecule has 2 aromatic rings. The van der Waals surface area contributed by atoms with Gasteiger partial charge in [0.1, 0.15) is 11.8 Å². The Hall–Kier alpha value is -3.50. The number of hydroxylamine groups is 1. The molecule has 0 radical (unpaired) electrons. The van der Waals surface area contributed by atoms with Crippen molar-refractivity contribution in [3.63, 3.8) is 0 Å². The number of benzene rings is 1. The highest BCUT2D eigenvalue weighted by molar-refractivity contribution is 7.88. The van der Waals surface area contributed by atoms with Crippen LogP contribution < -0.4 is 15.1 Å². The fourth-order valence-electron chi connectivity index (χ4n) is 3.79. The van der Waals surface area contributed by atoms with E-state index in [4.69, 9.17) is 9.57 Å². The van der Waals surface area contributed by atoms with E-state index in [1.54, 1.807) is 6.07 Å². The van der Waals surface area contributed by atoms with Crippen LogP contribution in [0, 0.1) is 11.6 Å². The van der Waals surface area contributed by atoms with Gasteiger partial charge in [-0.15, -0.1) is 0 Å². The quantitative estimate of drug-likeness (QED) is 0.518. The number of alkyl halides is 2. The number of ether oxygens (including phenoxy) is 1. The first-order valence-corrected chi connectivity index (χ1v) is 12.4. The van der Waals surface area contributed by atoms with Crippen LogP contribution in [0.1, 0.15) is 0 Å². The van der Waals surface area contributed by atoms with E-state index >= 15 is 8.78 Å². The van der Waals surface area contributed by atoms with Crippen LogP contribution in [0.2, 0.25) is 0 Å². The first kappa shape index (κ1) is 26.6. The summed E-state index contributed by atoms with van der Waals surface area (Å²) < 4.78 is 85.9. The highest BCUT2D eigenvalue weighted by Crippen LogP contribution is 2.31. The molecule has 0 aliphatic carbocycles. The fourth-order valence-corrected chi connectivity index (χ4v) is 4.98. The van der Waals surface area contributed by atoms with Gasteiger partial charge in [0.15, 0.2) is 16.7 Å². The lowest BCUT2D eigenvalue weighted by atomic mass is 10.2. The molecule has 37 heavy (non-hydrogen) atoms. The maximum absolute atomic E-state index is 15.1. The van der Waals surface area contributed by atoms with Crippen LogP contribution >= 0.6 is 0 Å². The zero-order valence-corrected chi connectivity index (χ0v) is 19.8. The van der Waals surface area contributed by atoms with E-state index in [0.717, 1.165) is 17.0 Å². The highest BCUT2D eigenvalue weighted by atomic mass is 32.2. The molecule has 2 aliphatic rings. The zero-order chi connectivity index (χ0) is 26.7. The zero-order valence-electron chi connectivity index (χ0n) is 19.0. The van der Waals surface area contributed by atoms with E-state index in [0.29, 0.717) is 4.47 Å². The van der Waals surface area contributed by atoms with Crippen molar-refractivity contribution < 1.29 is 45.1 Å². The summed E-state index contributed by atoms with van der Waals surface area (Å²) in [6, 6.07) is 6.13. The van der Waals surface area contributed by atoms with Gasteiger partial charge in [-0.2, -0.15) is 8.78 Å². The summed E-state index contributed by atoms with van der Waals surface area (Å²) in [7, 11) is -4.10. The Kier molecular flexibility index (Phi) is 7.79. The Bertz CT molecular complexity index is 1250. The number of rotatable bonds is 7. The van der Waals surface area contributed by atoms with Crippen molar-refractivity contribution in [2.45, 2.75) is 17.6 Å². The molecule has 1 N–H and O–H groups in total. The number of hydrogen-bond acceptors (Lipinski definition) is 8. The summed E-state index contributed by atoms with van der Waals surface area (Å²) in [5.41, 5.74) is -0.630. The number of nitrogens with zero attached hydrogens (tertiary/aromatic N) is 4. The van der Waals surface area contributed by atoms with Crippen molar-refractivity contribution in [2.75, 3.05) is 49.1 Å². The van der Waals surface area contributed by atoms with Gasteiger partial charge in [-0.1, -0.05) is 10.5 Å². The summed E-state index contributed by atoms with van der Waals surface area (Å²) >= 11 is 0. The van der Waals surface area contributed by atoms with Crippen LogP contribution in [-0.4, -0.2) is 81.7 Å². The Balaban J connectivity index is 1.45. The van der Waals surface area contributed by atoms with Crippen LogP contribution in [0.3, 0.4) is 0 Å². The first-order valence-electron chi connectivity index (χ1n) is 10.9. The van der Waals surface area contributed by atoms with Crippen LogP contribution in [-0.2, 0) is 24.4 Å². The molecule has 0 spiro atoms. The third-order valence-corrected chi connectivity index (χ3v) is 7.12. The molecule has 1 aromatic carbocycles. The number of halogens is 4. The van der Waals surface area contributed by atoms with Gasteiger partial charge in [-0.3, -0.25) is 14.5 Å². The van der Waals surface area contributed by atoms with E-state index in [9.17, 15) is 26.8 Å². The van der Waals surface area contributed by atoms with E-state index in [1.165, 1.54) is 23.2 Å². The first-order chi connectivity index (χ1) is 17.6. The summed E-state index contributed by atoms with van der Waals surface area (Å²) in [6.07, 6.45) is -3.91. The maximum Gasteiger partial charge on any atom is 0.414 e. The molecule has 1 atom stereocenters. The van der Waals surface area contributed by atoms with Crippen molar-refractivity contribution in [3.8, 4) is 0 Å². The largest absolute Gasteiger partial charge is 0.442 e. The predicted molar refractivity (Wildman–Crippen MR) is 119 cm³/mol. The second-order valence-electron chi connectivity index (χ2n) is 7.94. The molecule has 0 unspecified atom stereocenters.